The highest BCUT2D eigenvalue weighted by molar-refractivity contribution is 5.78. The molecular formula is C13H26N2O2. The molecule has 0 bridgehead atoms. The molecule has 0 aromatic rings. The van der Waals surface area contributed by atoms with E-state index < -0.39 is 0 Å². The number of carbonyl (C=O) groups excluding carboxylic acids is 1. The smallest absolute Gasteiger partial charge is 0.224 e. The number of amides is 1. The molecular weight excluding hydrogens is 216 g/mol. The van der Waals surface area contributed by atoms with E-state index in [0.29, 0.717) is 13.0 Å². The van der Waals surface area contributed by atoms with E-state index in [1.54, 1.807) is 0 Å². The molecule has 17 heavy (non-hydrogen) atoms. The Bertz CT molecular complexity index is 244. The van der Waals surface area contributed by atoms with Crippen molar-refractivity contribution < 1.29 is 9.90 Å². The fraction of sp³-hybridized carbons (Fsp3) is 0.923. The molecule has 100 valence electrons. The summed E-state index contributed by atoms with van der Waals surface area (Å²) in [6, 6.07) is 0. The fourth-order valence-electron chi connectivity index (χ4n) is 2.20. The first kappa shape index (κ1) is 14.5. The maximum atomic E-state index is 11.9. The Morgan fingerprint density at radius 2 is 2.24 bits per heavy atom. The van der Waals surface area contributed by atoms with Crippen molar-refractivity contribution >= 4 is 5.91 Å². The Morgan fingerprint density at radius 1 is 1.53 bits per heavy atom. The molecule has 0 aliphatic carbocycles. The van der Waals surface area contributed by atoms with Crippen LogP contribution in [0.5, 0.6) is 0 Å². The Labute approximate surface area is 104 Å². The van der Waals surface area contributed by atoms with E-state index in [0.717, 1.165) is 25.9 Å². The summed E-state index contributed by atoms with van der Waals surface area (Å²) in [6.45, 7) is 6.51. The minimum atomic E-state index is -0.315. The molecule has 2 unspecified atom stereocenters. The number of nitrogens with one attached hydrogen (secondary N) is 1. The van der Waals surface area contributed by atoms with Gasteiger partial charge in [0, 0.05) is 13.1 Å². The van der Waals surface area contributed by atoms with Crippen LogP contribution < -0.4 is 5.32 Å². The van der Waals surface area contributed by atoms with Gasteiger partial charge in [-0.25, -0.2) is 0 Å². The van der Waals surface area contributed by atoms with Gasteiger partial charge in [-0.1, -0.05) is 13.8 Å². The van der Waals surface area contributed by atoms with Crippen LogP contribution in [0.25, 0.3) is 0 Å². The molecule has 1 heterocycles. The molecule has 4 nitrogen and oxygen atoms in total. The molecule has 0 aromatic heterocycles. The molecule has 0 radical (unpaired) electrons. The lowest BCUT2D eigenvalue weighted by atomic mass is 9.97. The lowest BCUT2D eigenvalue weighted by Gasteiger charge is -2.28. The monoisotopic (exact) mass is 242 g/mol. The summed E-state index contributed by atoms with van der Waals surface area (Å²) < 4.78 is 0. The van der Waals surface area contributed by atoms with Crippen LogP contribution in [-0.4, -0.2) is 48.7 Å². The van der Waals surface area contributed by atoms with E-state index in [4.69, 9.17) is 0 Å². The Morgan fingerprint density at radius 3 is 2.82 bits per heavy atom. The zero-order valence-corrected chi connectivity index (χ0v) is 11.3. The molecule has 1 amide bonds. The number of aliphatic hydroxyl groups is 1. The van der Waals surface area contributed by atoms with E-state index in [9.17, 15) is 9.90 Å². The van der Waals surface area contributed by atoms with Gasteiger partial charge in [0.1, 0.15) is 0 Å². The summed E-state index contributed by atoms with van der Waals surface area (Å²) in [5.41, 5.74) is 0. The van der Waals surface area contributed by atoms with E-state index >= 15 is 0 Å². The molecule has 2 atom stereocenters. The first-order valence-corrected chi connectivity index (χ1v) is 6.65. The predicted molar refractivity (Wildman–Crippen MR) is 68.7 cm³/mol. The molecule has 1 rings (SSSR count). The maximum Gasteiger partial charge on any atom is 0.224 e. The third kappa shape index (κ3) is 5.04. The Balaban J connectivity index is 2.20. The van der Waals surface area contributed by atoms with Crippen LogP contribution in [-0.2, 0) is 4.79 Å². The second kappa shape index (κ2) is 6.97. The summed E-state index contributed by atoms with van der Waals surface area (Å²) in [4.78, 5) is 14.1. The quantitative estimate of drug-likeness (QED) is 0.751. The molecule has 1 saturated heterocycles. The number of likely N-dealkylation sites (tertiary alicyclic amines) is 1. The highest BCUT2D eigenvalue weighted by atomic mass is 16.3. The summed E-state index contributed by atoms with van der Waals surface area (Å²) >= 11 is 0. The maximum absolute atomic E-state index is 11.9. The molecule has 1 fully saturated rings. The van der Waals surface area contributed by atoms with Gasteiger partial charge in [0.05, 0.1) is 12.0 Å². The largest absolute Gasteiger partial charge is 0.393 e. The lowest BCUT2D eigenvalue weighted by molar-refractivity contribution is -0.126. The summed E-state index contributed by atoms with van der Waals surface area (Å²) in [6.07, 6.45) is 2.42. The van der Waals surface area contributed by atoms with Crippen molar-refractivity contribution in [3.63, 3.8) is 0 Å². The van der Waals surface area contributed by atoms with Gasteiger partial charge in [-0.3, -0.25) is 4.79 Å². The lowest BCUT2D eigenvalue weighted by Crippen LogP contribution is -2.42. The number of aliphatic hydroxyl groups excluding tert-OH is 1. The summed E-state index contributed by atoms with van der Waals surface area (Å²) in [7, 11) is 2.06. The van der Waals surface area contributed by atoms with Crippen molar-refractivity contribution in [2.45, 2.75) is 39.2 Å². The van der Waals surface area contributed by atoms with E-state index in [1.165, 1.54) is 0 Å². The van der Waals surface area contributed by atoms with Crippen molar-refractivity contribution in [2.24, 2.45) is 11.8 Å². The van der Waals surface area contributed by atoms with Gasteiger partial charge in [0.2, 0.25) is 5.91 Å². The van der Waals surface area contributed by atoms with Crippen LogP contribution in [0.2, 0.25) is 0 Å². The first-order valence-electron chi connectivity index (χ1n) is 6.65. The van der Waals surface area contributed by atoms with Crippen molar-refractivity contribution in [1.29, 1.82) is 0 Å². The average molecular weight is 242 g/mol. The number of piperidine rings is 1. The third-order valence-electron chi connectivity index (χ3n) is 3.50. The summed E-state index contributed by atoms with van der Waals surface area (Å²) in [5, 5.41) is 12.6. The molecule has 0 saturated carbocycles. The van der Waals surface area contributed by atoms with Gasteiger partial charge in [0.25, 0.3) is 0 Å². The number of rotatable bonds is 5. The van der Waals surface area contributed by atoms with Gasteiger partial charge in [-0.15, -0.1) is 0 Å². The van der Waals surface area contributed by atoms with Crippen LogP contribution in [0.15, 0.2) is 0 Å². The first-order chi connectivity index (χ1) is 8.00. The van der Waals surface area contributed by atoms with Crippen molar-refractivity contribution in [3.8, 4) is 0 Å². The van der Waals surface area contributed by atoms with Crippen LogP contribution in [0.3, 0.4) is 0 Å². The van der Waals surface area contributed by atoms with Gasteiger partial charge in [-0.2, -0.15) is 0 Å². The third-order valence-corrected chi connectivity index (χ3v) is 3.50. The minimum absolute atomic E-state index is 0.130. The van der Waals surface area contributed by atoms with Crippen LogP contribution in [0.1, 0.15) is 33.1 Å². The normalized spacial score (nSPS) is 23.7. The average Bonchev–Trinajstić information content (AvgIpc) is 2.28. The van der Waals surface area contributed by atoms with Crippen molar-refractivity contribution in [2.75, 3.05) is 26.7 Å². The standard InChI is InChI=1S/C13H26N2O2/c1-10(2)12(16)6-7-14-13(17)11-5-4-8-15(3)9-11/h10-12,16H,4-9H2,1-3H3,(H,14,17). The summed E-state index contributed by atoms with van der Waals surface area (Å²) in [5.74, 6) is 0.533. The Hall–Kier alpha value is -0.610. The number of hydrogen-bond donors (Lipinski definition) is 2. The van der Waals surface area contributed by atoms with Gasteiger partial charge >= 0.3 is 0 Å². The molecule has 0 spiro atoms. The Kier molecular flexibility index (Phi) is 5.92. The van der Waals surface area contributed by atoms with Crippen LogP contribution >= 0.6 is 0 Å². The van der Waals surface area contributed by atoms with Gasteiger partial charge < -0.3 is 15.3 Å². The zero-order valence-electron chi connectivity index (χ0n) is 11.3. The van der Waals surface area contributed by atoms with Crippen molar-refractivity contribution in [3.05, 3.63) is 0 Å². The minimum Gasteiger partial charge on any atom is -0.393 e. The van der Waals surface area contributed by atoms with Gasteiger partial charge in [0.15, 0.2) is 0 Å². The second-order valence-electron chi connectivity index (χ2n) is 5.49. The fourth-order valence-corrected chi connectivity index (χ4v) is 2.20. The number of nitrogens with zero attached hydrogens (tertiary/aromatic N) is 1. The van der Waals surface area contributed by atoms with E-state index in [1.807, 2.05) is 13.8 Å². The van der Waals surface area contributed by atoms with Gasteiger partial charge in [-0.05, 0) is 38.8 Å². The highest BCUT2D eigenvalue weighted by Gasteiger charge is 2.23. The highest BCUT2D eigenvalue weighted by Crippen LogP contribution is 2.15. The van der Waals surface area contributed by atoms with E-state index in [-0.39, 0.29) is 23.8 Å². The SMILES string of the molecule is CC(C)C(O)CCNC(=O)C1CCCN(C)C1. The predicted octanol–water partition coefficient (Wildman–Crippen LogP) is 0.851. The second-order valence-corrected chi connectivity index (χ2v) is 5.49. The van der Waals surface area contributed by atoms with Crippen LogP contribution in [0, 0.1) is 11.8 Å². The molecule has 2 N–H and O–H groups in total. The molecule has 4 heteroatoms. The number of carbonyl (C=O) groups is 1. The van der Waals surface area contributed by atoms with E-state index in [2.05, 4.69) is 17.3 Å². The molecule has 1 aliphatic heterocycles. The topological polar surface area (TPSA) is 52.6 Å². The van der Waals surface area contributed by atoms with Crippen LogP contribution in [0.4, 0.5) is 0 Å². The zero-order chi connectivity index (χ0) is 12.8. The molecule has 1 aliphatic rings. The number of hydrogen-bond acceptors (Lipinski definition) is 3. The van der Waals surface area contributed by atoms with Crippen molar-refractivity contribution in [1.82, 2.24) is 10.2 Å². The molecule has 0 aromatic carbocycles.